The van der Waals surface area contributed by atoms with Gasteiger partial charge in [-0.25, -0.2) is 0 Å². The van der Waals surface area contributed by atoms with Gasteiger partial charge in [0, 0.05) is 32.7 Å². The van der Waals surface area contributed by atoms with E-state index in [2.05, 4.69) is 9.80 Å². The quantitative estimate of drug-likeness (QED) is 0.596. The average Bonchev–Trinajstić information content (AvgIpc) is 2.98. The Morgan fingerprint density at radius 1 is 0.968 bits per heavy atom. The Hall–Kier alpha value is -2.00. The number of imide groups is 1. The summed E-state index contributed by atoms with van der Waals surface area (Å²) in [5.41, 5.74) is -0.0519. The van der Waals surface area contributed by atoms with Gasteiger partial charge in [0.15, 0.2) is 0 Å². The first-order chi connectivity index (χ1) is 15.0. The van der Waals surface area contributed by atoms with E-state index in [9.17, 15) is 9.59 Å². The molecule has 31 heavy (non-hydrogen) atoms. The fraction of sp³-hybridized carbons (Fsp3) is 0.652. The van der Waals surface area contributed by atoms with Crippen molar-refractivity contribution in [2.45, 2.75) is 19.3 Å². The van der Waals surface area contributed by atoms with Crippen molar-refractivity contribution in [3.8, 4) is 5.75 Å². The first kappa shape index (κ1) is 22.2. The van der Waals surface area contributed by atoms with Crippen LogP contribution in [0.1, 0.15) is 19.4 Å². The summed E-state index contributed by atoms with van der Waals surface area (Å²) in [5.74, 6) is 0.129. The zero-order valence-electron chi connectivity index (χ0n) is 18.5. The summed E-state index contributed by atoms with van der Waals surface area (Å²) in [7, 11) is 0. The molecule has 3 saturated heterocycles. The van der Waals surface area contributed by atoms with Gasteiger partial charge < -0.3 is 14.2 Å². The molecule has 0 N–H and O–H groups in total. The lowest BCUT2D eigenvalue weighted by molar-refractivity contribution is -0.143. The Morgan fingerprint density at radius 2 is 1.55 bits per heavy atom. The topological polar surface area (TPSA) is 71.6 Å². The van der Waals surface area contributed by atoms with Gasteiger partial charge in [0.25, 0.3) is 0 Å². The molecule has 0 radical (unpaired) electrons. The fourth-order valence-electron chi connectivity index (χ4n) is 4.73. The van der Waals surface area contributed by atoms with Crippen molar-refractivity contribution >= 4 is 11.8 Å². The molecule has 170 valence electrons. The highest BCUT2D eigenvalue weighted by atomic mass is 16.5. The maximum absolute atomic E-state index is 13.7. The molecule has 3 fully saturated rings. The van der Waals surface area contributed by atoms with Gasteiger partial charge in [-0.1, -0.05) is 12.1 Å². The number of ether oxygens (including phenoxy) is 3. The fourth-order valence-corrected chi connectivity index (χ4v) is 4.73. The van der Waals surface area contributed by atoms with Gasteiger partial charge in [0.2, 0.25) is 11.8 Å². The number of nitrogens with zero attached hydrogens (tertiary/aromatic N) is 3. The third kappa shape index (κ3) is 4.48. The predicted molar refractivity (Wildman–Crippen MR) is 115 cm³/mol. The molecular formula is C23H33N3O5. The van der Waals surface area contributed by atoms with Crippen LogP contribution in [0.25, 0.3) is 0 Å². The first-order valence-electron chi connectivity index (χ1n) is 11.2. The second kappa shape index (κ2) is 9.65. The van der Waals surface area contributed by atoms with E-state index in [4.69, 9.17) is 14.2 Å². The van der Waals surface area contributed by atoms with Crippen molar-refractivity contribution in [3.05, 3.63) is 29.8 Å². The maximum atomic E-state index is 13.7. The Balaban J connectivity index is 1.62. The molecule has 2 amide bonds. The summed E-state index contributed by atoms with van der Waals surface area (Å²) in [6.45, 7) is 10.9. The molecular weight excluding hydrogens is 398 g/mol. The zero-order chi connectivity index (χ0) is 21.8. The number of hydrogen-bond acceptors (Lipinski definition) is 7. The summed E-state index contributed by atoms with van der Waals surface area (Å²) in [5, 5.41) is 0. The van der Waals surface area contributed by atoms with Crippen LogP contribution in [-0.4, -0.2) is 98.9 Å². The summed E-state index contributed by atoms with van der Waals surface area (Å²) in [6.07, 6.45) is 0. The van der Waals surface area contributed by atoms with Crippen molar-refractivity contribution in [2.24, 2.45) is 5.92 Å². The van der Waals surface area contributed by atoms with Crippen LogP contribution in [0.2, 0.25) is 0 Å². The van der Waals surface area contributed by atoms with Crippen molar-refractivity contribution in [1.82, 2.24) is 14.7 Å². The Morgan fingerprint density at radius 3 is 2.13 bits per heavy atom. The van der Waals surface area contributed by atoms with E-state index in [-0.39, 0.29) is 11.8 Å². The minimum absolute atomic E-state index is 0.0839. The van der Waals surface area contributed by atoms with E-state index in [1.165, 1.54) is 4.90 Å². The van der Waals surface area contributed by atoms with Gasteiger partial charge in [0.05, 0.1) is 51.0 Å². The minimum Gasteiger partial charge on any atom is -0.494 e. The molecule has 1 aromatic carbocycles. The number of likely N-dealkylation sites (tertiary alicyclic amines) is 1. The van der Waals surface area contributed by atoms with E-state index in [1.54, 1.807) is 0 Å². The number of amides is 2. The number of morpholine rings is 2. The molecule has 0 aliphatic carbocycles. The average molecular weight is 432 g/mol. The molecule has 3 aliphatic heterocycles. The SMILES string of the molecule is CCOc1ccc([C@@]2(C)C(=O)N(CN3CCOCC3)C(=O)[C@@H]2CN2CCOCC2)cc1. The van der Waals surface area contributed by atoms with E-state index in [1.807, 2.05) is 38.1 Å². The van der Waals surface area contributed by atoms with Gasteiger partial charge in [-0.3, -0.25) is 24.3 Å². The van der Waals surface area contributed by atoms with E-state index < -0.39 is 11.3 Å². The molecule has 0 unspecified atom stereocenters. The van der Waals surface area contributed by atoms with Crippen molar-refractivity contribution in [1.29, 1.82) is 0 Å². The van der Waals surface area contributed by atoms with Crippen molar-refractivity contribution < 1.29 is 23.8 Å². The van der Waals surface area contributed by atoms with Crippen molar-refractivity contribution in [3.63, 3.8) is 0 Å². The highest BCUT2D eigenvalue weighted by Crippen LogP contribution is 2.42. The highest BCUT2D eigenvalue weighted by molar-refractivity contribution is 6.10. The predicted octanol–water partition coefficient (Wildman–Crippen LogP) is 0.950. The van der Waals surface area contributed by atoms with Gasteiger partial charge >= 0.3 is 0 Å². The number of benzene rings is 1. The summed E-state index contributed by atoms with van der Waals surface area (Å²) < 4.78 is 16.5. The minimum atomic E-state index is -0.910. The van der Waals surface area contributed by atoms with Crippen LogP contribution in [0.5, 0.6) is 5.75 Å². The Kier molecular flexibility index (Phi) is 6.91. The lowest BCUT2D eigenvalue weighted by atomic mass is 9.73. The van der Waals surface area contributed by atoms with Crippen LogP contribution in [0.4, 0.5) is 0 Å². The second-order valence-electron chi connectivity index (χ2n) is 8.57. The molecule has 0 saturated carbocycles. The molecule has 2 atom stereocenters. The van der Waals surface area contributed by atoms with E-state index in [0.29, 0.717) is 46.2 Å². The van der Waals surface area contributed by atoms with Crippen LogP contribution in [0.3, 0.4) is 0 Å². The largest absolute Gasteiger partial charge is 0.494 e. The first-order valence-corrected chi connectivity index (χ1v) is 11.2. The van der Waals surface area contributed by atoms with E-state index in [0.717, 1.165) is 37.5 Å². The van der Waals surface area contributed by atoms with E-state index >= 15 is 0 Å². The normalized spacial score (nSPS) is 28.3. The molecule has 0 spiro atoms. The molecule has 8 nitrogen and oxygen atoms in total. The number of hydrogen-bond donors (Lipinski definition) is 0. The van der Waals surface area contributed by atoms with Crippen LogP contribution in [-0.2, 0) is 24.5 Å². The lowest BCUT2D eigenvalue weighted by Crippen LogP contribution is -2.47. The summed E-state index contributed by atoms with van der Waals surface area (Å²) >= 11 is 0. The standard InChI is InChI=1S/C23H33N3O5/c1-3-31-19-6-4-18(5-7-19)23(2)20(16-24-8-12-29-13-9-24)21(27)26(22(23)28)17-25-10-14-30-15-11-25/h4-7,20H,3,8-17H2,1-2H3/t20-,23+/m0/s1. The number of carbonyl (C=O) groups excluding carboxylic acids is 2. The van der Waals surface area contributed by atoms with Crippen LogP contribution < -0.4 is 4.74 Å². The van der Waals surface area contributed by atoms with Gasteiger partial charge in [-0.15, -0.1) is 0 Å². The Labute approximate surface area is 184 Å². The molecule has 0 bridgehead atoms. The molecule has 0 aromatic heterocycles. The number of rotatable bonds is 7. The van der Waals surface area contributed by atoms with Crippen LogP contribution in [0, 0.1) is 5.92 Å². The van der Waals surface area contributed by atoms with Gasteiger partial charge in [-0.2, -0.15) is 0 Å². The summed E-state index contributed by atoms with van der Waals surface area (Å²) in [6, 6.07) is 7.64. The monoisotopic (exact) mass is 431 g/mol. The second-order valence-corrected chi connectivity index (χ2v) is 8.57. The third-order valence-corrected chi connectivity index (χ3v) is 6.71. The molecule has 3 heterocycles. The highest BCUT2D eigenvalue weighted by Gasteiger charge is 2.57. The zero-order valence-corrected chi connectivity index (χ0v) is 18.5. The molecule has 1 aromatic rings. The molecule has 3 aliphatic rings. The summed E-state index contributed by atoms with van der Waals surface area (Å²) in [4.78, 5) is 33.2. The number of carbonyl (C=O) groups is 2. The molecule has 8 heteroatoms. The smallest absolute Gasteiger partial charge is 0.241 e. The Bertz CT molecular complexity index is 774. The van der Waals surface area contributed by atoms with Crippen molar-refractivity contribution in [2.75, 3.05) is 72.4 Å². The van der Waals surface area contributed by atoms with Crippen LogP contribution in [0.15, 0.2) is 24.3 Å². The maximum Gasteiger partial charge on any atom is 0.241 e. The lowest BCUT2D eigenvalue weighted by Gasteiger charge is -2.34. The van der Waals surface area contributed by atoms with Gasteiger partial charge in [-0.05, 0) is 31.5 Å². The molecule has 4 rings (SSSR count). The van der Waals surface area contributed by atoms with Gasteiger partial charge in [0.1, 0.15) is 5.75 Å². The third-order valence-electron chi connectivity index (χ3n) is 6.71. The van der Waals surface area contributed by atoms with Crippen LogP contribution >= 0.6 is 0 Å².